The van der Waals surface area contributed by atoms with Gasteiger partial charge in [0.05, 0.1) is 18.6 Å². The third kappa shape index (κ3) is 2.83. The molecule has 3 fully saturated rings. The van der Waals surface area contributed by atoms with Gasteiger partial charge in [-0.15, -0.1) is 0 Å². The van der Waals surface area contributed by atoms with Gasteiger partial charge in [-0.1, -0.05) is 48.6 Å². The van der Waals surface area contributed by atoms with Gasteiger partial charge in [0.1, 0.15) is 11.7 Å². The predicted octanol–water partition coefficient (Wildman–Crippen LogP) is 3.62. The van der Waals surface area contributed by atoms with Crippen LogP contribution in [0.3, 0.4) is 0 Å². The highest BCUT2D eigenvalue weighted by Gasteiger charge is 2.79. The van der Waals surface area contributed by atoms with Gasteiger partial charge in [-0.2, -0.15) is 0 Å². The second-order valence-corrected chi connectivity index (χ2v) is 12.3. The summed E-state index contributed by atoms with van der Waals surface area (Å²) in [5.74, 6) is 2.14. The monoisotopic (exact) mass is 510 g/mol. The first-order chi connectivity index (χ1) is 18.5. The zero-order chi connectivity index (χ0) is 25.7. The molecule has 2 unspecified atom stereocenters. The Labute approximate surface area is 223 Å². The molecule has 7 aliphatic rings. The largest absolute Gasteiger partial charge is 0.493 e. The number of piperidine rings is 1. The molecule has 5 aliphatic carbocycles. The van der Waals surface area contributed by atoms with Crippen LogP contribution in [0.4, 0.5) is 0 Å². The van der Waals surface area contributed by atoms with Crippen molar-refractivity contribution in [1.82, 2.24) is 10.2 Å². The summed E-state index contributed by atoms with van der Waals surface area (Å²) in [7, 11) is 1.69. The van der Waals surface area contributed by atoms with Crippen LogP contribution in [-0.4, -0.2) is 59.9 Å². The van der Waals surface area contributed by atoms with E-state index in [0.717, 1.165) is 48.9 Å². The van der Waals surface area contributed by atoms with E-state index < -0.39 is 17.7 Å². The number of aliphatic hydroxyl groups is 1. The fourth-order valence-corrected chi connectivity index (χ4v) is 8.75. The molecule has 2 spiro atoms. The molecule has 2 aromatic rings. The number of rotatable bonds is 6. The predicted molar refractivity (Wildman–Crippen MR) is 144 cm³/mol. The Bertz CT molecular complexity index is 1380. The van der Waals surface area contributed by atoms with Crippen LogP contribution in [0.15, 0.2) is 60.7 Å². The number of carbonyl (C=O) groups excluding carboxylic acids is 1. The van der Waals surface area contributed by atoms with Gasteiger partial charge in [0.15, 0.2) is 11.5 Å². The molecule has 2 saturated carbocycles. The Balaban J connectivity index is 1.22. The molecular formula is C32H34N2O4. The van der Waals surface area contributed by atoms with E-state index >= 15 is 0 Å². The summed E-state index contributed by atoms with van der Waals surface area (Å²) in [5.41, 5.74) is 1.70. The van der Waals surface area contributed by atoms with Gasteiger partial charge >= 0.3 is 0 Å². The minimum Gasteiger partial charge on any atom is -0.493 e. The number of fused-ring (bicyclic) bond motifs is 1. The Morgan fingerprint density at radius 1 is 1.21 bits per heavy atom. The Kier molecular flexibility index (Phi) is 4.65. The molecule has 38 heavy (non-hydrogen) atoms. The number of hydrogen-bond acceptors (Lipinski definition) is 5. The van der Waals surface area contributed by atoms with Gasteiger partial charge < -0.3 is 19.9 Å². The van der Waals surface area contributed by atoms with E-state index in [2.05, 4.69) is 22.4 Å². The zero-order valence-electron chi connectivity index (χ0n) is 21.7. The van der Waals surface area contributed by atoms with E-state index in [-0.39, 0.29) is 16.7 Å². The summed E-state index contributed by atoms with van der Waals surface area (Å²) in [6.07, 6.45) is 12.5. The Morgan fingerprint density at radius 3 is 2.84 bits per heavy atom. The molecule has 2 aliphatic heterocycles. The lowest BCUT2D eigenvalue weighted by Gasteiger charge is -2.70. The zero-order valence-corrected chi connectivity index (χ0v) is 21.7. The van der Waals surface area contributed by atoms with Crippen molar-refractivity contribution in [2.75, 3.05) is 20.2 Å². The summed E-state index contributed by atoms with van der Waals surface area (Å²) in [5, 5.41) is 15.6. The Morgan fingerprint density at radius 2 is 2.05 bits per heavy atom. The fourth-order valence-electron chi connectivity index (χ4n) is 8.75. The van der Waals surface area contributed by atoms with E-state index in [1.54, 1.807) is 13.2 Å². The fraction of sp³-hybridized carbons (Fsp3) is 0.469. The van der Waals surface area contributed by atoms with Crippen LogP contribution in [0.25, 0.3) is 6.08 Å². The van der Waals surface area contributed by atoms with E-state index in [0.29, 0.717) is 12.5 Å². The molecule has 196 valence electrons. The summed E-state index contributed by atoms with van der Waals surface area (Å²) in [6.45, 7) is 2.15. The first-order valence-electron chi connectivity index (χ1n) is 14.1. The summed E-state index contributed by atoms with van der Waals surface area (Å²) in [6, 6.07) is 13.9. The number of nitrogens with one attached hydrogen (secondary N) is 1. The summed E-state index contributed by atoms with van der Waals surface area (Å²) < 4.78 is 12.6. The van der Waals surface area contributed by atoms with E-state index in [1.165, 1.54) is 24.0 Å². The third-order valence-electron chi connectivity index (χ3n) is 10.5. The molecule has 6 nitrogen and oxygen atoms in total. The number of hydrogen-bond donors (Lipinski definition) is 2. The second-order valence-electron chi connectivity index (χ2n) is 12.3. The number of methoxy groups -OCH3 is 1. The molecule has 9 rings (SSSR count). The third-order valence-corrected chi connectivity index (χ3v) is 10.5. The number of likely N-dealkylation sites (tertiary alicyclic amines) is 1. The highest BCUT2D eigenvalue weighted by molar-refractivity contribution is 5.92. The van der Waals surface area contributed by atoms with Crippen LogP contribution in [0.5, 0.6) is 11.5 Å². The topological polar surface area (TPSA) is 71.0 Å². The van der Waals surface area contributed by atoms with Crippen LogP contribution in [0.1, 0.15) is 42.4 Å². The van der Waals surface area contributed by atoms with Crippen molar-refractivity contribution in [3.63, 3.8) is 0 Å². The number of carbonyl (C=O) groups is 1. The number of amides is 1. The van der Waals surface area contributed by atoms with Crippen molar-refractivity contribution in [3.05, 3.63) is 77.4 Å². The van der Waals surface area contributed by atoms with Crippen molar-refractivity contribution in [1.29, 1.82) is 0 Å². The van der Waals surface area contributed by atoms with E-state index in [9.17, 15) is 9.90 Å². The minimum absolute atomic E-state index is 0.191. The quantitative estimate of drug-likeness (QED) is 0.459. The standard InChI is InChI=1S/C32H34N2O4/c1-37-23-11-10-22-17-25-30-13-14-32(36,24(18-30)33-26(35)12-9-20-5-3-2-4-6-20)29-31(30,27(22)28(23)38-29)15-16-34(25)19-21-7-8-21/h2-6,9-14,21,24-25,29,36H,7-8,15-19H2,1H3,(H,33,35)/t24?,25-,29?,30-,31+,32-/m1/s1. The number of benzene rings is 2. The molecule has 1 saturated heterocycles. The molecule has 4 bridgehead atoms. The molecule has 0 aromatic heterocycles. The molecule has 2 aromatic carbocycles. The van der Waals surface area contributed by atoms with Crippen molar-refractivity contribution >= 4 is 12.0 Å². The molecule has 6 atom stereocenters. The molecule has 2 N–H and O–H groups in total. The van der Waals surface area contributed by atoms with Gasteiger partial charge in [-0.3, -0.25) is 9.69 Å². The maximum atomic E-state index is 13.2. The average molecular weight is 511 g/mol. The highest BCUT2D eigenvalue weighted by atomic mass is 16.5. The van der Waals surface area contributed by atoms with Gasteiger partial charge in [-0.25, -0.2) is 0 Å². The van der Waals surface area contributed by atoms with Crippen LogP contribution < -0.4 is 14.8 Å². The van der Waals surface area contributed by atoms with Crippen molar-refractivity contribution < 1.29 is 19.4 Å². The van der Waals surface area contributed by atoms with Gasteiger partial charge in [-0.05, 0) is 67.8 Å². The second kappa shape index (κ2) is 7.73. The smallest absolute Gasteiger partial charge is 0.244 e. The Hall–Kier alpha value is -3.09. The SMILES string of the molecule is COc1ccc2c3c1OC1[C@@]4(O)C=C[C@@]5(CC4NC(=O)C=Cc4ccccc4)[C@@H](C2)N(CC2CC2)CC[C@]315. The van der Waals surface area contributed by atoms with Crippen LogP contribution in [0, 0.1) is 11.3 Å². The molecular weight excluding hydrogens is 476 g/mol. The van der Waals surface area contributed by atoms with Gasteiger partial charge in [0, 0.05) is 29.6 Å². The molecule has 6 heteroatoms. The number of ether oxygens (including phenoxy) is 2. The lowest BCUT2D eigenvalue weighted by Crippen LogP contribution is -2.81. The van der Waals surface area contributed by atoms with Crippen molar-refractivity contribution in [3.8, 4) is 11.5 Å². The summed E-state index contributed by atoms with van der Waals surface area (Å²) >= 11 is 0. The van der Waals surface area contributed by atoms with E-state index in [1.807, 2.05) is 48.6 Å². The van der Waals surface area contributed by atoms with Crippen LogP contribution >= 0.6 is 0 Å². The minimum atomic E-state index is -1.31. The lowest BCUT2D eigenvalue weighted by atomic mass is 9.38. The normalized spacial score (nSPS) is 37.7. The first-order valence-corrected chi connectivity index (χ1v) is 14.1. The number of nitrogens with zero attached hydrogens (tertiary/aromatic N) is 1. The maximum absolute atomic E-state index is 13.2. The molecule has 0 radical (unpaired) electrons. The van der Waals surface area contributed by atoms with Gasteiger partial charge in [0.25, 0.3) is 0 Å². The molecule has 2 heterocycles. The first kappa shape index (κ1) is 22.9. The van der Waals surface area contributed by atoms with E-state index in [4.69, 9.17) is 9.47 Å². The van der Waals surface area contributed by atoms with Crippen LogP contribution in [0.2, 0.25) is 0 Å². The van der Waals surface area contributed by atoms with Crippen molar-refractivity contribution in [2.24, 2.45) is 11.3 Å². The maximum Gasteiger partial charge on any atom is 0.244 e. The van der Waals surface area contributed by atoms with Gasteiger partial charge in [0.2, 0.25) is 5.91 Å². The molecule has 1 amide bonds. The average Bonchev–Trinajstić information content (AvgIpc) is 3.67. The van der Waals surface area contributed by atoms with Crippen LogP contribution in [-0.2, 0) is 16.6 Å². The van der Waals surface area contributed by atoms with Crippen molar-refractivity contribution in [2.45, 2.75) is 61.3 Å². The summed E-state index contributed by atoms with van der Waals surface area (Å²) in [4.78, 5) is 15.9. The lowest BCUT2D eigenvalue weighted by molar-refractivity contribution is -0.193. The highest BCUT2D eigenvalue weighted by Crippen LogP contribution is 2.73.